The minimum absolute atomic E-state index is 0.252. The maximum atomic E-state index is 11.2. The maximum absolute atomic E-state index is 11.2. The molecule has 5 heteroatoms. The van der Waals surface area contributed by atoms with Crippen molar-refractivity contribution >= 4 is 11.1 Å². The first-order chi connectivity index (χ1) is 9.78. The van der Waals surface area contributed by atoms with Crippen molar-refractivity contribution in [3.8, 4) is 0 Å². The molecular formula is C15H20N2O3. The molecule has 1 saturated heterocycles. The number of benzene rings is 1. The Hall–Kier alpha value is -1.59. The van der Waals surface area contributed by atoms with Crippen LogP contribution in [0.5, 0.6) is 0 Å². The highest BCUT2D eigenvalue weighted by Crippen LogP contribution is 2.30. The lowest BCUT2D eigenvalue weighted by Gasteiger charge is -2.24. The molecule has 0 saturated carbocycles. The van der Waals surface area contributed by atoms with Gasteiger partial charge in [-0.25, -0.2) is 4.79 Å². The Bertz CT molecular complexity index is 625. The van der Waals surface area contributed by atoms with E-state index in [1.54, 1.807) is 0 Å². The van der Waals surface area contributed by atoms with E-state index < -0.39 is 5.76 Å². The third kappa shape index (κ3) is 2.64. The summed E-state index contributed by atoms with van der Waals surface area (Å²) in [5.74, 6) is 0.0732. The fourth-order valence-electron chi connectivity index (χ4n) is 2.83. The number of H-pyrrole nitrogens is 1. The van der Waals surface area contributed by atoms with Crippen LogP contribution in [0, 0.1) is 5.92 Å². The second kappa shape index (κ2) is 5.81. The largest absolute Gasteiger partial charge is 0.417 e. The standard InChI is InChI=1S/C15H20N2O3/c1-2-6-16-14(11-5-7-19-9-11)10-3-4-12-13(8-10)20-15(18)17-12/h3-4,8,11,14,16H,2,5-7,9H2,1H3,(H,17,18). The normalized spacial score (nSPS) is 20.6. The van der Waals surface area contributed by atoms with E-state index in [1.807, 2.05) is 12.1 Å². The third-order valence-corrected chi connectivity index (χ3v) is 3.85. The van der Waals surface area contributed by atoms with Crippen LogP contribution in [0.25, 0.3) is 11.1 Å². The van der Waals surface area contributed by atoms with Crippen LogP contribution in [0.15, 0.2) is 27.4 Å². The quantitative estimate of drug-likeness (QED) is 0.878. The van der Waals surface area contributed by atoms with E-state index in [2.05, 4.69) is 23.3 Å². The van der Waals surface area contributed by atoms with Gasteiger partial charge in [0.05, 0.1) is 12.1 Å². The van der Waals surface area contributed by atoms with E-state index in [4.69, 9.17) is 9.15 Å². The lowest BCUT2D eigenvalue weighted by Crippen LogP contribution is -2.29. The second-order valence-corrected chi connectivity index (χ2v) is 5.33. The Balaban J connectivity index is 1.91. The lowest BCUT2D eigenvalue weighted by atomic mass is 9.92. The predicted molar refractivity (Wildman–Crippen MR) is 76.8 cm³/mol. The number of rotatable bonds is 5. The Morgan fingerprint density at radius 1 is 1.50 bits per heavy atom. The van der Waals surface area contributed by atoms with Gasteiger partial charge in [0.25, 0.3) is 0 Å². The van der Waals surface area contributed by atoms with Crippen molar-refractivity contribution in [1.82, 2.24) is 10.3 Å². The summed E-state index contributed by atoms with van der Waals surface area (Å²) >= 11 is 0. The fourth-order valence-corrected chi connectivity index (χ4v) is 2.83. The Morgan fingerprint density at radius 3 is 3.15 bits per heavy atom. The van der Waals surface area contributed by atoms with Gasteiger partial charge in [-0.3, -0.25) is 4.98 Å². The van der Waals surface area contributed by atoms with E-state index >= 15 is 0 Å². The molecule has 108 valence electrons. The SMILES string of the molecule is CCCNC(c1ccc2[nH]c(=O)oc2c1)C1CCOC1. The molecule has 0 bridgehead atoms. The molecule has 1 aromatic heterocycles. The van der Waals surface area contributed by atoms with Gasteiger partial charge in [-0.15, -0.1) is 0 Å². The van der Waals surface area contributed by atoms with Crippen LogP contribution < -0.4 is 11.1 Å². The summed E-state index contributed by atoms with van der Waals surface area (Å²) in [6.07, 6.45) is 2.15. The number of aromatic amines is 1. The van der Waals surface area contributed by atoms with E-state index in [9.17, 15) is 4.79 Å². The molecule has 1 aliphatic heterocycles. The van der Waals surface area contributed by atoms with Crippen molar-refractivity contribution in [2.45, 2.75) is 25.8 Å². The molecule has 0 aliphatic carbocycles. The van der Waals surface area contributed by atoms with Gasteiger partial charge in [-0.05, 0) is 37.1 Å². The Morgan fingerprint density at radius 2 is 2.40 bits per heavy atom. The van der Waals surface area contributed by atoms with Gasteiger partial charge in [0.15, 0.2) is 5.58 Å². The van der Waals surface area contributed by atoms with Gasteiger partial charge >= 0.3 is 5.76 Å². The van der Waals surface area contributed by atoms with E-state index in [1.165, 1.54) is 0 Å². The minimum Gasteiger partial charge on any atom is -0.408 e. The number of oxazole rings is 1. The Kier molecular flexibility index (Phi) is 3.89. The molecule has 20 heavy (non-hydrogen) atoms. The number of hydrogen-bond donors (Lipinski definition) is 2. The molecule has 2 aromatic rings. The fraction of sp³-hybridized carbons (Fsp3) is 0.533. The third-order valence-electron chi connectivity index (χ3n) is 3.85. The van der Waals surface area contributed by atoms with Crippen LogP contribution in [-0.2, 0) is 4.74 Å². The van der Waals surface area contributed by atoms with Gasteiger partial charge in [-0.1, -0.05) is 13.0 Å². The molecule has 2 unspecified atom stereocenters. The van der Waals surface area contributed by atoms with Crippen molar-refractivity contribution < 1.29 is 9.15 Å². The molecule has 3 rings (SSSR count). The van der Waals surface area contributed by atoms with Gasteiger partial charge in [-0.2, -0.15) is 0 Å². The molecule has 1 fully saturated rings. The highest BCUT2D eigenvalue weighted by molar-refractivity contribution is 5.72. The molecule has 1 aromatic carbocycles. The van der Waals surface area contributed by atoms with Crippen LogP contribution in [0.2, 0.25) is 0 Å². The van der Waals surface area contributed by atoms with Crippen molar-refractivity contribution in [3.05, 3.63) is 34.3 Å². The van der Waals surface area contributed by atoms with Crippen LogP contribution in [-0.4, -0.2) is 24.7 Å². The van der Waals surface area contributed by atoms with Gasteiger partial charge in [0.1, 0.15) is 0 Å². The van der Waals surface area contributed by atoms with Gasteiger partial charge in [0.2, 0.25) is 0 Å². The first-order valence-electron chi connectivity index (χ1n) is 7.22. The van der Waals surface area contributed by atoms with E-state index in [-0.39, 0.29) is 6.04 Å². The second-order valence-electron chi connectivity index (χ2n) is 5.33. The number of hydrogen-bond acceptors (Lipinski definition) is 4. The monoisotopic (exact) mass is 276 g/mol. The summed E-state index contributed by atoms with van der Waals surface area (Å²) in [7, 11) is 0. The zero-order valence-electron chi connectivity index (χ0n) is 11.6. The number of nitrogens with one attached hydrogen (secondary N) is 2. The topological polar surface area (TPSA) is 67.3 Å². The molecule has 1 aliphatic rings. The summed E-state index contributed by atoms with van der Waals surface area (Å²) in [4.78, 5) is 13.9. The summed E-state index contributed by atoms with van der Waals surface area (Å²) < 4.78 is 10.7. The highest BCUT2D eigenvalue weighted by Gasteiger charge is 2.27. The molecule has 5 nitrogen and oxygen atoms in total. The molecule has 0 spiro atoms. The van der Waals surface area contributed by atoms with Crippen molar-refractivity contribution in [2.24, 2.45) is 5.92 Å². The first-order valence-corrected chi connectivity index (χ1v) is 7.22. The Labute approximate surface area is 117 Å². The van der Waals surface area contributed by atoms with Crippen LogP contribution >= 0.6 is 0 Å². The zero-order valence-corrected chi connectivity index (χ0v) is 11.6. The van der Waals surface area contributed by atoms with E-state index in [0.717, 1.165) is 43.7 Å². The summed E-state index contributed by atoms with van der Waals surface area (Å²) in [6.45, 7) is 4.74. The minimum atomic E-state index is -0.403. The first kappa shape index (κ1) is 13.4. The smallest absolute Gasteiger partial charge is 0.408 e. The lowest BCUT2D eigenvalue weighted by molar-refractivity contribution is 0.176. The van der Waals surface area contributed by atoms with Crippen molar-refractivity contribution in [1.29, 1.82) is 0 Å². The number of fused-ring (bicyclic) bond motifs is 1. The molecule has 0 radical (unpaired) electrons. The van der Waals surface area contributed by atoms with Gasteiger partial charge in [0, 0.05) is 18.6 Å². The van der Waals surface area contributed by atoms with Crippen molar-refractivity contribution in [3.63, 3.8) is 0 Å². The number of ether oxygens (including phenoxy) is 1. The summed E-state index contributed by atoms with van der Waals surface area (Å²) in [5, 5.41) is 3.59. The molecule has 2 N–H and O–H groups in total. The molecule has 0 amide bonds. The summed E-state index contributed by atoms with van der Waals surface area (Å²) in [6, 6.07) is 6.17. The summed E-state index contributed by atoms with van der Waals surface area (Å²) in [5.41, 5.74) is 2.52. The number of aromatic nitrogens is 1. The molecular weight excluding hydrogens is 256 g/mol. The van der Waals surface area contributed by atoms with Crippen molar-refractivity contribution in [2.75, 3.05) is 19.8 Å². The predicted octanol–water partition coefficient (Wildman–Crippen LogP) is 2.20. The highest BCUT2D eigenvalue weighted by atomic mass is 16.5. The zero-order chi connectivity index (χ0) is 13.9. The molecule has 2 heterocycles. The average molecular weight is 276 g/mol. The molecule has 2 atom stereocenters. The van der Waals surface area contributed by atoms with Crippen LogP contribution in [0.3, 0.4) is 0 Å². The van der Waals surface area contributed by atoms with E-state index in [0.29, 0.717) is 11.5 Å². The average Bonchev–Trinajstić information content (AvgIpc) is 3.07. The van der Waals surface area contributed by atoms with Crippen LogP contribution in [0.4, 0.5) is 0 Å². The van der Waals surface area contributed by atoms with Crippen LogP contribution in [0.1, 0.15) is 31.4 Å². The van der Waals surface area contributed by atoms with Gasteiger partial charge < -0.3 is 14.5 Å². The maximum Gasteiger partial charge on any atom is 0.417 e.